The van der Waals surface area contributed by atoms with Gasteiger partial charge in [-0.15, -0.1) is 0 Å². The van der Waals surface area contributed by atoms with Crippen molar-refractivity contribution in [3.05, 3.63) is 71.8 Å². The van der Waals surface area contributed by atoms with Crippen molar-refractivity contribution in [2.45, 2.75) is 38.9 Å². The molecule has 0 amide bonds. The Hall–Kier alpha value is -4.35. The topological polar surface area (TPSA) is 122 Å². The molecule has 1 saturated heterocycles. The summed E-state index contributed by atoms with van der Waals surface area (Å²) in [6.45, 7) is 3.99. The number of nitrogens with two attached hydrogens (primary N) is 1. The Labute approximate surface area is 236 Å². The van der Waals surface area contributed by atoms with Crippen molar-refractivity contribution in [1.82, 2.24) is 24.5 Å². The molecule has 1 fully saturated rings. The summed E-state index contributed by atoms with van der Waals surface area (Å²) >= 11 is 0. The minimum atomic E-state index is -0.405. The summed E-state index contributed by atoms with van der Waals surface area (Å²) in [6, 6.07) is 7.00. The number of ether oxygens (including phenoxy) is 3. The summed E-state index contributed by atoms with van der Waals surface area (Å²) < 4.78 is 34.4. The average Bonchev–Trinajstić information content (AvgIpc) is 3.65. The van der Waals surface area contributed by atoms with Gasteiger partial charge in [0.1, 0.15) is 36.0 Å². The molecule has 0 saturated carbocycles. The third-order valence-corrected chi connectivity index (χ3v) is 7.25. The van der Waals surface area contributed by atoms with Crippen LogP contribution in [-0.2, 0) is 22.5 Å². The Morgan fingerprint density at radius 1 is 1.17 bits per heavy atom. The van der Waals surface area contributed by atoms with Crippen molar-refractivity contribution in [2.24, 2.45) is 0 Å². The van der Waals surface area contributed by atoms with Crippen molar-refractivity contribution in [1.29, 1.82) is 0 Å². The third-order valence-electron chi connectivity index (χ3n) is 7.25. The lowest BCUT2D eigenvalue weighted by molar-refractivity contribution is 0.113. The number of methoxy groups -OCH3 is 1. The molecule has 5 heterocycles. The number of halogens is 1. The number of rotatable bonds is 10. The first-order chi connectivity index (χ1) is 20.1. The molecule has 0 spiro atoms. The molecule has 0 radical (unpaired) electrons. The molecule has 1 aliphatic rings. The van der Waals surface area contributed by atoms with Gasteiger partial charge in [-0.3, -0.25) is 14.5 Å². The van der Waals surface area contributed by atoms with Crippen LogP contribution in [0.5, 0.6) is 5.75 Å². The van der Waals surface area contributed by atoms with E-state index in [1.54, 1.807) is 25.6 Å². The van der Waals surface area contributed by atoms with E-state index in [-0.39, 0.29) is 12.7 Å². The van der Waals surface area contributed by atoms with E-state index in [1.165, 1.54) is 12.4 Å². The number of benzene rings is 1. The summed E-state index contributed by atoms with van der Waals surface area (Å²) in [4.78, 5) is 17.8. The first-order valence-corrected chi connectivity index (χ1v) is 13.7. The average molecular weight is 558 g/mol. The van der Waals surface area contributed by atoms with Crippen LogP contribution in [-0.4, -0.2) is 51.4 Å². The zero-order chi connectivity index (χ0) is 28.3. The number of aryl methyl sites for hydroxylation is 1. The summed E-state index contributed by atoms with van der Waals surface area (Å²) in [6.07, 6.45) is 9.52. The number of pyridine rings is 2. The molecule has 212 valence electrons. The second-order valence-electron chi connectivity index (χ2n) is 9.99. The molecule has 0 unspecified atom stereocenters. The predicted octanol–water partition coefficient (Wildman–Crippen LogP) is 5.14. The predicted molar refractivity (Wildman–Crippen MR) is 155 cm³/mol. The SMILES string of the molecule is CCc1cc(NCCOC)c2c(F)cc(OCc3cncc(-n4cc([C@@H]5CCCO5)c5c(N)ncnc54)c3)cc2n1. The lowest BCUT2D eigenvalue weighted by Gasteiger charge is -2.14. The Balaban J connectivity index is 1.28. The highest BCUT2D eigenvalue weighted by molar-refractivity contribution is 5.93. The van der Waals surface area contributed by atoms with Gasteiger partial charge in [0.2, 0.25) is 0 Å². The number of fused-ring (bicyclic) bond motifs is 2. The summed E-state index contributed by atoms with van der Waals surface area (Å²) in [5, 5.41) is 4.48. The fourth-order valence-corrected chi connectivity index (χ4v) is 5.27. The zero-order valence-electron chi connectivity index (χ0n) is 23.1. The summed E-state index contributed by atoms with van der Waals surface area (Å²) in [7, 11) is 1.63. The van der Waals surface area contributed by atoms with E-state index in [0.29, 0.717) is 47.0 Å². The van der Waals surface area contributed by atoms with E-state index in [0.717, 1.165) is 53.8 Å². The number of aromatic nitrogens is 5. The second-order valence-corrected chi connectivity index (χ2v) is 9.99. The Morgan fingerprint density at radius 2 is 2.07 bits per heavy atom. The van der Waals surface area contributed by atoms with E-state index in [4.69, 9.17) is 19.9 Å². The van der Waals surface area contributed by atoms with Crippen LogP contribution in [0, 0.1) is 5.82 Å². The molecule has 1 aromatic carbocycles. The zero-order valence-corrected chi connectivity index (χ0v) is 23.1. The molecule has 4 aromatic heterocycles. The number of hydrogen-bond donors (Lipinski definition) is 2. The molecule has 0 aliphatic carbocycles. The van der Waals surface area contributed by atoms with Crippen molar-refractivity contribution >= 4 is 33.4 Å². The Morgan fingerprint density at radius 3 is 2.88 bits per heavy atom. The van der Waals surface area contributed by atoms with E-state index in [9.17, 15) is 0 Å². The number of anilines is 2. The maximum Gasteiger partial charge on any atom is 0.150 e. The van der Waals surface area contributed by atoms with E-state index >= 15 is 4.39 Å². The number of nitrogens with zero attached hydrogens (tertiary/aromatic N) is 5. The maximum absolute atomic E-state index is 15.3. The minimum Gasteiger partial charge on any atom is -0.489 e. The van der Waals surface area contributed by atoms with Crippen LogP contribution in [0.2, 0.25) is 0 Å². The number of hydrogen-bond acceptors (Lipinski definition) is 9. The first kappa shape index (κ1) is 26.9. The van der Waals surface area contributed by atoms with Gasteiger partial charge in [-0.05, 0) is 31.4 Å². The van der Waals surface area contributed by atoms with Crippen molar-refractivity contribution < 1.29 is 18.6 Å². The van der Waals surface area contributed by atoms with Gasteiger partial charge < -0.3 is 25.3 Å². The van der Waals surface area contributed by atoms with Crippen LogP contribution < -0.4 is 15.8 Å². The van der Waals surface area contributed by atoms with Crippen LogP contribution >= 0.6 is 0 Å². The van der Waals surface area contributed by atoms with Crippen molar-refractivity contribution in [3.63, 3.8) is 0 Å². The maximum atomic E-state index is 15.3. The van der Waals surface area contributed by atoms with Crippen LogP contribution in [0.15, 0.2) is 49.2 Å². The van der Waals surface area contributed by atoms with Gasteiger partial charge in [0.05, 0.1) is 40.9 Å². The molecule has 11 heteroatoms. The molecule has 3 N–H and O–H groups in total. The third kappa shape index (κ3) is 5.38. The van der Waals surface area contributed by atoms with Gasteiger partial charge in [-0.1, -0.05) is 6.92 Å². The van der Waals surface area contributed by atoms with Crippen molar-refractivity contribution in [2.75, 3.05) is 37.9 Å². The normalized spacial score (nSPS) is 15.1. The van der Waals surface area contributed by atoms with Crippen LogP contribution in [0.1, 0.15) is 42.7 Å². The van der Waals surface area contributed by atoms with Gasteiger partial charge in [-0.25, -0.2) is 14.4 Å². The standard InChI is InChI=1S/C30H32FN7O3/c1-3-19-10-24(34-6-8-39-2)28-23(31)11-21(12-25(28)37-19)41-16-18-9-20(14-33-13-18)38-15-22(26-5-4-7-40-26)27-29(32)35-17-36-30(27)38/h9-15,17,26H,3-8,16H2,1-2H3,(H,34,37)(H2,32,35,36)/t26-/m0/s1. The molecule has 10 nitrogen and oxygen atoms in total. The quantitative estimate of drug-likeness (QED) is 0.225. The van der Waals surface area contributed by atoms with Gasteiger partial charge in [0.25, 0.3) is 0 Å². The van der Waals surface area contributed by atoms with E-state index < -0.39 is 5.82 Å². The van der Waals surface area contributed by atoms with Gasteiger partial charge in [0, 0.05) is 67.3 Å². The van der Waals surface area contributed by atoms with Gasteiger partial charge >= 0.3 is 0 Å². The fourth-order valence-electron chi connectivity index (χ4n) is 5.27. The monoisotopic (exact) mass is 557 g/mol. The highest BCUT2D eigenvalue weighted by Crippen LogP contribution is 2.37. The highest BCUT2D eigenvalue weighted by Gasteiger charge is 2.25. The molecular formula is C30H32FN7O3. The number of nitrogen functional groups attached to an aromatic ring is 1. The van der Waals surface area contributed by atoms with Crippen molar-refractivity contribution in [3.8, 4) is 11.4 Å². The summed E-state index contributed by atoms with van der Waals surface area (Å²) in [5.41, 5.74) is 11.6. The first-order valence-electron chi connectivity index (χ1n) is 13.7. The summed E-state index contributed by atoms with van der Waals surface area (Å²) in [5.74, 6) is 0.399. The minimum absolute atomic E-state index is 0.0492. The molecule has 6 rings (SSSR count). The van der Waals surface area contributed by atoms with Gasteiger partial charge in [-0.2, -0.15) is 0 Å². The smallest absolute Gasteiger partial charge is 0.150 e. The van der Waals surface area contributed by atoms with Gasteiger partial charge in [0.15, 0.2) is 0 Å². The Bertz CT molecular complexity index is 1700. The lowest BCUT2D eigenvalue weighted by Crippen LogP contribution is -2.09. The molecule has 5 aromatic rings. The molecule has 1 aliphatic heterocycles. The second kappa shape index (κ2) is 11.6. The van der Waals surface area contributed by atoms with E-state index in [2.05, 4.69) is 25.3 Å². The fraction of sp³-hybridized carbons (Fsp3) is 0.333. The Kier molecular flexibility index (Phi) is 7.62. The number of nitrogens with one attached hydrogen (secondary N) is 1. The molecule has 1 atom stereocenters. The molecule has 0 bridgehead atoms. The lowest BCUT2D eigenvalue weighted by atomic mass is 10.1. The largest absolute Gasteiger partial charge is 0.489 e. The van der Waals surface area contributed by atoms with Crippen LogP contribution in [0.4, 0.5) is 15.9 Å². The van der Waals surface area contributed by atoms with Crippen LogP contribution in [0.3, 0.4) is 0 Å². The van der Waals surface area contributed by atoms with E-state index in [1.807, 2.05) is 29.8 Å². The molecule has 41 heavy (non-hydrogen) atoms. The highest BCUT2D eigenvalue weighted by atomic mass is 19.1. The molecular weight excluding hydrogens is 525 g/mol. The van der Waals surface area contributed by atoms with Crippen LogP contribution in [0.25, 0.3) is 27.6 Å².